The van der Waals surface area contributed by atoms with Crippen molar-refractivity contribution in [3.05, 3.63) is 39.9 Å². The lowest BCUT2D eigenvalue weighted by Crippen LogP contribution is -2.66. The van der Waals surface area contributed by atoms with Crippen LogP contribution in [0.15, 0.2) is 34.3 Å². The van der Waals surface area contributed by atoms with Crippen LogP contribution in [0.4, 0.5) is 0 Å². The lowest BCUT2D eigenvalue weighted by atomic mass is 9.33. The van der Waals surface area contributed by atoms with Crippen LogP contribution in [0.2, 0.25) is 0 Å². The SMILES string of the molecule is COc1ccc(CO[C@H]2CC[C@]3(C)[C@H]4C(=O)C=C5[C@@H]6C[C@@](C)(C(=O)O)CC[C@]6(C)CC[C@@]5(C)[C@]4(C)CC[C@H]3C2(C)C)cc1Br. The van der Waals surface area contributed by atoms with Gasteiger partial charge in [-0.1, -0.05) is 53.2 Å². The molecule has 4 fully saturated rings. The number of hydrogen-bond donors (Lipinski definition) is 1. The van der Waals surface area contributed by atoms with Gasteiger partial charge in [0.15, 0.2) is 5.78 Å². The topological polar surface area (TPSA) is 72.8 Å². The Bertz CT molecular complexity index is 1400. The van der Waals surface area contributed by atoms with E-state index in [1.165, 1.54) is 5.57 Å². The van der Waals surface area contributed by atoms with E-state index in [1.54, 1.807) is 7.11 Å². The average Bonchev–Trinajstić information content (AvgIpc) is 2.94. The van der Waals surface area contributed by atoms with Gasteiger partial charge < -0.3 is 14.6 Å². The molecule has 242 valence electrons. The third-order valence-corrected chi connectivity index (χ3v) is 15.3. The van der Waals surface area contributed by atoms with Crippen molar-refractivity contribution in [1.82, 2.24) is 0 Å². The first-order valence-electron chi connectivity index (χ1n) is 16.9. The van der Waals surface area contributed by atoms with Crippen molar-refractivity contribution >= 4 is 27.7 Å². The van der Waals surface area contributed by atoms with Gasteiger partial charge in [0.2, 0.25) is 0 Å². The maximum absolute atomic E-state index is 14.6. The van der Waals surface area contributed by atoms with Gasteiger partial charge in [-0.3, -0.25) is 9.59 Å². The molecule has 0 aromatic heterocycles. The number of aliphatic carboxylic acids is 1. The first-order chi connectivity index (χ1) is 20.4. The summed E-state index contributed by atoms with van der Waals surface area (Å²) in [5.41, 5.74) is 1.34. The predicted molar refractivity (Wildman–Crippen MR) is 176 cm³/mol. The lowest BCUT2D eigenvalue weighted by Gasteiger charge is -2.70. The first-order valence-corrected chi connectivity index (χ1v) is 17.7. The molecular formula is C38H53BrO5. The highest BCUT2D eigenvalue weighted by molar-refractivity contribution is 9.10. The van der Waals surface area contributed by atoms with Gasteiger partial charge in [0.1, 0.15) is 5.75 Å². The molecule has 1 aromatic rings. The van der Waals surface area contributed by atoms with E-state index < -0.39 is 11.4 Å². The Morgan fingerprint density at radius 1 is 0.977 bits per heavy atom. The number of methoxy groups -OCH3 is 1. The zero-order valence-electron chi connectivity index (χ0n) is 28.1. The Kier molecular flexibility index (Phi) is 7.65. The molecule has 44 heavy (non-hydrogen) atoms. The molecule has 0 amide bonds. The molecule has 5 aliphatic rings. The molecule has 0 bridgehead atoms. The van der Waals surface area contributed by atoms with Crippen LogP contribution in [-0.2, 0) is 20.9 Å². The number of carbonyl (C=O) groups is 2. The number of ketones is 1. The second-order valence-corrected chi connectivity index (χ2v) is 18.0. The zero-order chi connectivity index (χ0) is 32.1. The van der Waals surface area contributed by atoms with Crippen molar-refractivity contribution in [2.24, 2.45) is 50.2 Å². The number of carboxylic acids is 1. The standard InChI is InChI=1S/C38H53BrO5/c1-33(2)29-11-14-38(7)31(36(29,5)13-12-30(33)44-22-23-9-10-28(43-8)26(39)19-23)27(40)20-24-25-21-35(4,32(41)42)16-15-34(25,3)17-18-37(24,38)6/h9-10,19-20,25,29-31H,11-18,21-22H2,1-8H3,(H,41,42)/t25-,29-,30-,31+,34+,35-,36-,37+,38+/m0/s1. The van der Waals surface area contributed by atoms with Crippen LogP contribution in [0.1, 0.15) is 112 Å². The van der Waals surface area contributed by atoms with Crippen molar-refractivity contribution in [2.45, 2.75) is 119 Å². The molecular weight excluding hydrogens is 616 g/mol. The summed E-state index contributed by atoms with van der Waals surface area (Å²) in [4.78, 5) is 27.0. The highest BCUT2D eigenvalue weighted by Gasteiger charge is 2.70. The monoisotopic (exact) mass is 668 g/mol. The van der Waals surface area contributed by atoms with Gasteiger partial charge in [-0.25, -0.2) is 0 Å². The smallest absolute Gasteiger partial charge is 0.309 e. The quantitative estimate of drug-likeness (QED) is 0.338. The van der Waals surface area contributed by atoms with Crippen molar-refractivity contribution in [3.8, 4) is 5.75 Å². The minimum absolute atomic E-state index is 0.0286. The normalized spacial score (nSPS) is 44.4. The zero-order valence-corrected chi connectivity index (χ0v) is 29.7. The predicted octanol–water partition coefficient (Wildman–Crippen LogP) is 9.41. The summed E-state index contributed by atoms with van der Waals surface area (Å²) in [6.07, 6.45) is 10.7. The second-order valence-electron chi connectivity index (χ2n) is 17.2. The van der Waals surface area contributed by atoms with Crippen LogP contribution in [-0.4, -0.2) is 30.1 Å². The molecule has 6 heteroatoms. The van der Waals surface area contributed by atoms with Gasteiger partial charge in [0.25, 0.3) is 0 Å². The van der Waals surface area contributed by atoms with Crippen molar-refractivity contribution < 1.29 is 24.2 Å². The van der Waals surface area contributed by atoms with E-state index in [2.05, 4.69) is 75.7 Å². The molecule has 5 aliphatic carbocycles. The van der Waals surface area contributed by atoms with Gasteiger partial charge in [-0.2, -0.15) is 0 Å². The number of allylic oxidation sites excluding steroid dienone is 2. The van der Waals surface area contributed by atoms with Crippen LogP contribution in [0.25, 0.3) is 0 Å². The number of carbonyl (C=O) groups excluding carboxylic acids is 1. The van der Waals surface area contributed by atoms with Crippen LogP contribution >= 0.6 is 15.9 Å². The Morgan fingerprint density at radius 3 is 2.34 bits per heavy atom. The maximum Gasteiger partial charge on any atom is 0.309 e. The molecule has 9 atom stereocenters. The fourth-order valence-corrected chi connectivity index (χ4v) is 12.2. The van der Waals surface area contributed by atoms with E-state index in [4.69, 9.17) is 9.47 Å². The second kappa shape index (κ2) is 10.4. The van der Waals surface area contributed by atoms with Crippen LogP contribution in [0.5, 0.6) is 5.75 Å². The van der Waals surface area contributed by atoms with E-state index >= 15 is 0 Å². The van der Waals surface area contributed by atoms with Crippen molar-refractivity contribution in [3.63, 3.8) is 0 Å². The van der Waals surface area contributed by atoms with Gasteiger partial charge in [0, 0.05) is 5.92 Å². The van der Waals surface area contributed by atoms with Gasteiger partial charge in [-0.05, 0) is 143 Å². The third kappa shape index (κ3) is 4.46. The molecule has 0 saturated heterocycles. The van der Waals surface area contributed by atoms with E-state index in [0.29, 0.717) is 24.7 Å². The number of rotatable bonds is 5. The average molecular weight is 670 g/mol. The Labute approximate surface area is 273 Å². The molecule has 0 aliphatic heterocycles. The lowest BCUT2D eigenvalue weighted by molar-refractivity contribution is -0.211. The summed E-state index contributed by atoms with van der Waals surface area (Å²) in [6.45, 7) is 16.9. The van der Waals surface area contributed by atoms with Gasteiger partial charge >= 0.3 is 5.97 Å². The highest BCUT2D eigenvalue weighted by Crippen LogP contribution is 2.75. The molecule has 0 spiro atoms. The molecule has 1 N–H and O–H groups in total. The van der Waals surface area contributed by atoms with Gasteiger partial charge in [0.05, 0.1) is 29.7 Å². The number of halogens is 1. The summed E-state index contributed by atoms with van der Waals surface area (Å²) < 4.78 is 13.0. The van der Waals surface area contributed by atoms with E-state index in [0.717, 1.165) is 67.2 Å². The molecule has 4 saturated carbocycles. The maximum atomic E-state index is 14.6. The summed E-state index contributed by atoms with van der Waals surface area (Å²) in [5.74, 6) is 0.944. The Balaban J connectivity index is 1.30. The number of fused-ring (bicyclic) bond motifs is 7. The van der Waals surface area contributed by atoms with Crippen LogP contribution in [0.3, 0.4) is 0 Å². The van der Waals surface area contributed by atoms with Crippen LogP contribution < -0.4 is 4.74 Å². The summed E-state index contributed by atoms with van der Waals surface area (Å²) in [5, 5.41) is 10.2. The van der Waals surface area contributed by atoms with Crippen molar-refractivity contribution in [1.29, 1.82) is 0 Å². The highest BCUT2D eigenvalue weighted by atomic mass is 79.9. The molecule has 5 nitrogen and oxygen atoms in total. The van der Waals surface area contributed by atoms with Crippen molar-refractivity contribution in [2.75, 3.05) is 7.11 Å². The minimum Gasteiger partial charge on any atom is -0.496 e. The molecule has 0 radical (unpaired) electrons. The summed E-state index contributed by atoms with van der Waals surface area (Å²) in [7, 11) is 1.68. The van der Waals surface area contributed by atoms with E-state index in [9.17, 15) is 14.7 Å². The number of hydrogen-bond acceptors (Lipinski definition) is 4. The molecule has 6 rings (SSSR count). The summed E-state index contributed by atoms with van der Waals surface area (Å²) in [6, 6.07) is 6.13. The fraction of sp³-hybridized carbons (Fsp3) is 0.737. The van der Waals surface area contributed by atoms with Gasteiger partial charge in [-0.15, -0.1) is 0 Å². The number of ether oxygens (including phenoxy) is 2. The minimum atomic E-state index is -0.724. The molecule has 0 unspecified atom stereocenters. The number of carboxylic acid groups (broad SMARTS) is 1. The third-order valence-electron chi connectivity index (χ3n) is 14.7. The fourth-order valence-electron chi connectivity index (χ4n) is 11.6. The largest absolute Gasteiger partial charge is 0.496 e. The van der Waals surface area contributed by atoms with E-state index in [-0.39, 0.29) is 45.0 Å². The van der Waals surface area contributed by atoms with Crippen LogP contribution in [0, 0.1) is 50.2 Å². The molecule has 1 aromatic carbocycles. The Morgan fingerprint density at radius 2 is 1.68 bits per heavy atom. The number of benzene rings is 1. The Hall–Kier alpha value is -1.66. The first kappa shape index (κ1) is 32.3. The van der Waals surface area contributed by atoms with E-state index in [1.807, 2.05) is 13.0 Å². The summed E-state index contributed by atoms with van der Waals surface area (Å²) >= 11 is 3.61. The molecule has 0 heterocycles.